The van der Waals surface area contributed by atoms with Crippen molar-refractivity contribution in [3.63, 3.8) is 0 Å². The van der Waals surface area contributed by atoms with E-state index < -0.39 is 10.0 Å². The Labute approximate surface area is 158 Å². The van der Waals surface area contributed by atoms with Crippen LogP contribution < -0.4 is 10.2 Å². The lowest BCUT2D eigenvalue weighted by Gasteiger charge is -2.33. The maximum Gasteiger partial charge on any atom is 0.251 e. The molecule has 1 N–H and O–H groups in total. The fraction of sp³-hybridized carbons (Fsp3) is 0.278. The Morgan fingerprint density at radius 3 is 2.52 bits per heavy atom. The summed E-state index contributed by atoms with van der Waals surface area (Å²) in [7, 11) is -3.68. The van der Waals surface area contributed by atoms with Crippen LogP contribution in [0.25, 0.3) is 0 Å². The number of amides is 1. The summed E-state index contributed by atoms with van der Waals surface area (Å²) >= 11 is 0. The molecule has 0 atom stereocenters. The number of aromatic nitrogens is 2. The summed E-state index contributed by atoms with van der Waals surface area (Å²) in [4.78, 5) is 22.5. The Bertz CT molecular complexity index is 910. The van der Waals surface area contributed by atoms with E-state index in [-0.39, 0.29) is 10.8 Å². The van der Waals surface area contributed by atoms with Crippen LogP contribution in [0.1, 0.15) is 10.4 Å². The molecule has 2 heterocycles. The van der Waals surface area contributed by atoms with Gasteiger partial charge >= 0.3 is 0 Å². The normalized spacial score (nSPS) is 15.3. The van der Waals surface area contributed by atoms with Gasteiger partial charge in [-0.25, -0.2) is 18.4 Å². The van der Waals surface area contributed by atoms with Crippen LogP contribution in [0.15, 0.2) is 60.3 Å². The summed E-state index contributed by atoms with van der Waals surface area (Å²) in [6.07, 6.45) is 4.89. The van der Waals surface area contributed by atoms with Crippen LogP contribution in [0.2, 0.25) is 0 Å². The fourth-order valence-electron chi connectivity index (χ4n) is 2.80. The highest BCUT2D eigenvalue weighted by Crippen LogP contribution is 2.20. The van der Waals surface area contributed by atoms with Gasteiger partial charge in [0.15, 0.2) is 0 Å². The van der Waals surface area contributed by atoms with E-state index in [1.807, 2.05) is 4.90 Å². The second-order valence-corrected chi connectivity index (χ2v) is 7.90. The lowest BCUT2D eigenvalue weighted by atomic mass is 10.2. The first kappa shape index (κ1) is 19.0. The van der Waals surface area contributed by atoms with Crippen molar-refractivity contribution in [2.75, 3.05) is 37.6 Å². The van der Waals surface area contributed by atoms with Crippen molar-refractivity contribution in [3.8, 4) is 0 Å². The Kier molecular flexibility index (Phi) is 5.82. The van der Waals surface area contributed by atoms with Crippen molar-refractivity contribution in [1.29, 1.82) is 0 Å². The minimum absolute atomic E-state index is 0.109. The van der Waals surface area contributed by atoms with Gasteiger partial charge in [0.05, 0.1) is 4.90 Å². The van der Waals surface area contributed by atoms with E-state index >= 15 is 0 Å². The zero-order valence-corrected chi connectivity index (χ0v) is 15.6. The largest absolute Gasteiger partial charge is 0.349 e. The molecule has 1 aliphatic heterocycles. The molecule has 0 unspecified atom stereocenters. The van der Waals surface area contributed by atoms with E-state index in [0.717, 1.165) is 0 Å². The topological polar surface area (TPSA) is 95.5 Å². The molecule has 1 aliphatic rings. The molecule has 0 spiro atoms. The number of benzene rings is 1. The highest BCUT2D eigenvalue weighted by atomic mass is 32.2. The number of piperazine rings is 1. The Morgan fingerprint density at radius 1 is 1.15 bits per heavy atom. The lowest BCUT2D eigenvalue weighted by molar-refractivity contribution is 0.0958. The van der Waals surface area contributed by atoms with Crippen molar-refractivity contribution in [3.05, 3.63) is 60.9 Å². The van der Waals surface area contributed by atoms with Gasteiger partial charge in [0.25, 0.3) is 5.91 Å². The molecule has 27 heavy (non-hydrogen) atoms. The first-order valence-corrected chi connectivity index (χ1v) is 9.97. The van der Waals surface area contributed by atoms with Crippen LogP contribution in [0, 0.1) is 0 Å². The molecule has 0 radical (unpaired) electrons. The van der Waals surface area contributed by atoms with Crippen LogP contribution in [-0.2, 0) is 10.0 Å². The minimum Gasteiger partial charge on any atom is -0.349 e. The predicted molar refractivity (Wildman–Crippen MR) is 102 cm³/mol. The third-order valence-corrected chi connectivity index (χ3v) is 6.11. The van der Waals surface area contributed by atoms with Crippen molar-refractivity contribution in [1.82, 2.24) is 19.6 Å². The second kappa shape index (κ2) is 8.28. The maximum atomic E-state index is 12.9. The molecule has 0 saturated carbocycles. The summed E-state index contributed by atoms with van der Waals surface area (Å²) in [5, 5.41) is 2.64. The van der Waals surface area contributed by atoms with Gasteiger partial charge in [-0.15, -0.1) is 6.58 Å². The van der Waals surface area contributed by atoms with Crippen molar-refractivity contribution < 1.29 is 13.2 Å². The molecule has 3 rings (SSSR count). The monoisotopic (exact) mass is 387 g/mol. The second-order valence-electron chi connectivity index (χ2n) is 5.97. The number of sulfonamides is 1. The SMILES string of the molecule is C=CCNC(=O)c1cccc(S(=O)(=O)N2CCN(c3ncccn3)CC2)c1. The van der Waals surface area contributed by atoms with Crippen LogP contribution in [0.3, 0.4) is 0 Å². The molecule has 9 heteroatoms. The maximum absolute atomic E-state index is 12.9. The molecule has 0 bridgehead atoms. The van der Waals surface area contributed by atoms with Crippen molar-refractivity contribution in [2.24, 2.45) is 0 Å². The van der Waals surface area contributed by atoms with E-state index in [0.29, 0.717) is 44.2 Å². The molecule has 1 fully saturated rings. The lowest BCUT2D eigenvalue weighted by Crippen LogP contribution is -2.49. The highest BCUT2D eigenvalue weighted by Gasteiger charge is 2.29. The zero-order valence-electron chi connectivity index (χ0n) is 14.8. The molecule has 1 aromatic carbocycles. The van der Waals surface area contributed by atoms with Gasteiger partial charge in [0.2, 0.25) is 16.0 Å². The van der Waals surface area contributed by atoms with Crippen LogP contribution >= 0.6 is 0 Å². The van der Waals surface area contributed by atoms with Gasteiger partial charge in [-0.1, -0.05) is 12.1 Å². The molecule has 8 nitrogen and oxygen atoms in total. The molecule has 0 aliphatic carbocycles. The third-order valence-electron chi connectivity index (χ3n) is 4.21. The van der Waals surface area contributed by atoms with Crippen LogP contribution in [0.5, 0.6) is 0 Å². The third kappa shape index (κ3) is 4.32. The van der Waals surface area contributed by atoms with E-state index in [1.165, 1.54) is 16.4 Å². The van der Waals surface area contributed by atoms with Gasteiger partial charge in [0.1, 0.15) is 0 Å². The summed E-state index contributed by atoms with van der Waals surface area (Å²) in [5.74, 6) is 0.258. The average Bonchev–Trinajstić information content (AvgIpc) is 2.73. The summed E-state index contributed by atoms with van der Waals surface area (Å²) in [5.41, 5.74) is 0.300. The van der Waals surface area contributed by atoms with Gasteiger partial charge in [0, 0.05) is 50.7 Å². The Hall–Kier alpha value is -2.78. The smallest absolute Gasteiger partial charge is 0.251 e. The first-order chi connectivity index (χ1) is 13.0. The molecular weight excluding hydrogens is 366 g/mol. The molecule has 2 aromatic rings. The quantitative estimate of drug-likeness (QED) is 0.740. The Balaban J connectivity index is 1.72. The molecule has 142 valence electrons. The number of carbonyl (C=O) groups is 1. The summed E-state index contributed by atoms with van der Waals surface area (Å²) < 4.78 is 27.3. The van der Waals surface area contributed by atoms with Crippen LogP contribution in [0.4, 0.5) is 5.95 Å². The van der Waals surface area contributed by atoms with E-state index in [9.17, 15) is 13.2 Å². The first-order valence-electron chi connectivity index (χ1n) is 8.53. The van der Waals surface area contributed by atoms with Gasteiger partial charge in [-0.05, 0) is 24.3 Å². The highest BCUT2D eigenvalue weighted by molar-refractivity contribution is 7.89. The van der Waals surface area contributed by atoms with E-state index in [4.69, 9.17) is 0 Å². The Morgan fingerprint density at radius 2 is 1.85 bits per heavy atom. The standard InChI is InChI=1S/C18H21N5O3S/c1-2-7-19-17(24)15-5-3-6-16(14-15)27(25,26)23-12-10-22(11-13-23)18-20-8-4-9-21-18/h2-6,8-9,14H,1,7,10-13H2,(H,19,24). The molecule has 1 amide bonds. The van der Waals surface area contributed by atoms with Crippen molar-refractivity contribution >= 4 is 21.9 Å². The van der Waals surface area contributed by atoms with E-state index in [2.05, 4.69) is 21.9 Å². The summed E-state index contributed by atoms with van der Waals surface area (Å²) in [6, 6.07) is 7.81. The fourth-order valence-corrected chi connectivity index (χ4v) is 4.27. The zero-order chi connectivity index (χ0) is 19.3. The number of carbonyl (C=O) groups excluding carboxylic acids is 1. The van der Waals surface area contributed by atoms with E-state index in [1.54, 1.807) is 36.7 Å². The van der Waals surface area contributed by atoms with Gasteiger partial charge in [-0.2, -0.15) is 4.31 Å². The number of nitrogens with one attached hydrogen (secondary N) is 1. The number of hydrogen-bond acceptors (Lipinski definition) is 6. The number of hydrogen-bond donors (Lipinski definition) is 1. The number of anilines is 1. The summed E-state index contributed by atoms with van der Waals surface area (Å²) in [6.45, 7) is 5.52. The average molecular weight is 387 g/mol. The van der Waals surface area contributed by atoms with Crippen LogP contribution in [-0.4, -0.2) is 61.3 Å². The predicted octanol–water partition coefficient (Wildman–Crippen LogP) is 0.903. The van der Waals surface area contributed by atoms with Crippen molar-refractivity contribution in [2.45, 2.75) is 4.90 Å². The molecule has 1 saturated heterocycles. The van der Waals surface area contributed by atoms with Gasteiger partial charge in [-0.3, -0.25) is 4.79 Å². The van der Waals surface area contributed by atoms with Gasteiger partial charge < -0.3 is 10.2 Å². The molecule has 1 aromatic heterocycles. The number of rotatable bonds is 6. The number of nitrogens with zero attached hydrogens (tertiary/aromatic N) is 4. The minimum atomic E-state index is -3.68. The molecular formula is C18H21N5O3S.